The Bertz CT molecular complexity index is 2590. The lowest BCUT2D eigenvalue weighted by Gasteiger charge is -2.29. The van der Waals surface area contributed by atoms with Crippen LogP contribution in [0.5, 0.6) is 0 Å². The predicted octanol–water partition coefficient (Wildman–Crippen LogP) is 10.8. The van der Waals surface area contributed by atoms with E-state index in [-0.39, 0.29) is 12.0 Å². The quantitative estimate of drug-likeness (QED) is 0.182. The second-order valence-corrected chi connectivity index (χ2v) is 12.7. The van der Waals surface area contributed by atoms with Gasteiger partial charge in [-0.15, -0.1) is 0 Å². The van der Waals surface area contributed by atoms with Crippen molar-refractivity contribution in [2.24, 2.45) is 4.99 Å². The molecule has 2 aliphatic rings. The minimum Gasteiger partial charge on any atom is -0.482 e. The second-order valence-electron chi connectivity index (χ2n) is 12.7. The first kappa shape index (κ1) is 27.7. The summed E-state index contributed by atoms with van der Waals surface area (Å²) in [4.78, 5) is 14.2. The molecular weight excluding hydrogens is 599 g/mol. The molecule has 4 nitrogen and oxygen atoms in total. The average Bonchev–Trinajstić information content (AvgIpc) is 3.60. The summed E-state index contributed by atoms with van der Waals surface area (Å²) in [6.45, 7) is 0. The standard InChI is InChI=1S/C45H29N3O/c1-2-13-35-33(11-1)34-12-3-4-14-36(34)39-25-30(21-22-37(35)39)28-17-19-29(20-18-28)43-45-42(38-15-5-6-16-40(38)48-43)41(31-9-7-23-46-26-31)44(49-45)32-10-8-24-47-27-32/h1-27,42,45H. The molecular formula is C45H29N3O. The smallest absolute Gasteiger partial charge is 0.152 e. The van der Waals surface area contributed by atoms with E-state index in [4.69, 9.17) is 9.73 Å². The number of benzene rings is 6. The molecule has 6 aromatic carbocycles. The molecule has 230 valence electrons. The zero-order chi connectivity index (χ0) is 32.3. The van der Waals surface area contributed by atoms with Crippen LogP contribution in [0.1, 0.15) is 28.2 Å². The van der Waals surface area contributed by atoms with Crippen molar-refractivity contribution in [3.8, 4) is 11.1 Å². The number of hydrogen-bond donors (Lipinski definition) is 0. The minimum absolute atomic E-state index is 0.0497. The van der Waals surface area contributed by atoms with E-state index in [2.05, 4.69) is 137 Å². The number of hydrogen-bond acceptors (Lipinski definition) is 4. The van der Waals surface area contributed by atoms with Gasteiger partial charge in [0.1, 0.15) is 5.76 Å². The molecule has 0 radical (unpaired) electrons. The lowest BCUT2D eigenvalue weighted by Crippen LogP contribution is -2.30. The molecule has 0 spiro atoms. The number of fused-ring (bicyclic) bond motifs is 9. The van der Waals surface area contributed by atoms with Gasteiger partial charge in [0.05, 0.1) is 17.3 Å². The minimum atomic E-state index is -0.300. The Morgan fingerprint density at radius 3 is 1.69 bits per heavy atom. The zero-order valence-electron chi connectivity index (χ0n) is 26.5. The van der Waals surface area contributed by atoms with E-state index in [0.29, 0.717) is 0 Å². The van der Waals surface area contributed by atoms with Crippen molar-refractivity contribution >= 4 is 55.0 Å². The van der Waals surface area contributed by atoms with Crippen LogP contribution in [0.2, 0.25) is 0 Å². The molecule has 10 rings (SSSR count). The highest BCUT2D eigenvalue weighted by molar-refractivity contribution is 6.25. The normalized spacial score (nSPS) is 16.8. The van der Waals surface area contributed by atoms with Gasteiger partial charge in [-0.25, -0.2) is 4.99 Å². The molecule has 4 heteroatoms. The Kier molecular flexibility index (Phi) is 6.28. The summed E-state index contributed by atoms with van der Waals surface area (Å²) in [6, 6.07) is 49.6. The highest BCUT2D eigenvalue weighted by Gasteiger charge is 2.45. The van der Waals surface area contributed by atoms with Crippen molar-refractivity contribution in [2.45, 2.75) is 12.0 Å². The second kappa shape index (κ2) is 11.1. The summed E-state index contributed by atoms with van der Waals surface area (Å²) >= 11 is 0. The largest absolute Gasteiger partial charge is 0.482 e. The average molecular weight is 628 g/mol. The fourth-order valence-corrected chi connectivity index (χ4v) is 7.83. The van der Waals surface area contributed by atoms with Gasteiger partial charge in [0, 0.05) is 41.5 Å². The van der Waals surface area contributed by atoms with Crippen LogP contribution < -0.4 is 0 Å². The van der Waals surface area contributed by atoms with Crippen LogP contribution in [-0.2, 0) is 4.74 Å². The van der Waals surface area contributed by atoms with Gasteiger partial charge in [0.2, 0.25) is 0 Å². The molecule has 8 aromatic rings. The highest BCUT2D eigenvalue weighted by Crippen LogP contribution is 2.53. The first-order valence-corrected chi connectivity index (χ1v) is 16.6. The Hall–Kier alpha value is -6.39. The third-order valence-corrected chi connectivity index (χ3v) is 10.0. The Labute approximate surface area is 283 Å². The van der Waals surface area contributed by atoms with E-state index in [1.54, 1.807) is 6.20 Å². The summed E-state index contributed by atoms with van der Waals surface area (Å²) in [5.41, 5.74) is 9.53. The molecule has 2 aliphatic heterocycles. The van der Waals surface area contributed by atoms with Crippen molar-refractivity contribution in [2.75, 3.05) is 0 Å². The van der Waals surface area contributed by atoms with E-state index >= 15 is 0 Å². The number of ether oxygens (including phenoxy) is 1. The molecule has 0 fully saturated rings. The number of aliphatic imine (C=N–C) groups is 1. The molecule has 2 atom stereocenters. The first-order chi connectivity index (χ1) is 24.3. The number of nitrogens with zero attached hydrogens (tertiary/aromatic N) is 3. The molecule has 2 unspecified atom stereocenters. The maximum absolute atomic E-state index is 6.96. The van der Waals surface area contributed by atoms with Crippen molar-refractivity contribution in [1.29, 1.82) is 0 Å². The van der Waals surface area contributed by atoms with E-state index in [0.717, 1.165) is 50.5 Å². The Morgan fingerprint density at radius 2 is 1.02 bits per heavy atom. The fourth-order valence-electron chi connectivity index (χ4n) is 7.83. The number of aromatic nitrogens is 2. The monoisotopic (exact) mass is 627 g/mol. The molecule has 0 N–H and O–H groups in total. The molecule has 0 saturated carbocycles. The maximum atomic E-state index is 6.96. The molecule has 0 bridgehead atoms. The van der Waals surface area contributed by atoms with Gasteiger partial charge in [-0.1, -0.05) is 109 Å². The molecule has 2 aromatic heterocycles. The van der Waals surface area contributed by atoms with E-state index in [1.807, 2.05) is 30.7 Å². The van der Waals surface area contributed by atoms with Crippen LogP contribution in [0, 0.1) is 0 Å². The van der Waals surface area contributed by atoms with Crippen LogP contribution in [0.4, 0.5) is 5.69 Å². The molecule has 4 heterocycles. The van der Waals surface area contributed by atoms with Crippen LogP contribution in [0.25, 0.3) is 54.8 Å². The third kappa shape index (κ3) is 4.41. The van der Waals surface area contributed by atoms with Crippen LogP contribution in [0.15, 0.2) is 169 Å². The number of pyridine rings is 2. The van der Waals surface area contributed by atoms with E-state index < -0.39 is 0 Å². The first-order valence-electron chi connectivity index (χ1n) is 16.6. The van der Waals surface area contributed by atoms with Gasteiger partial charge in [-0.2, -0.15) is 0 Å². The summed E-state index contributed by atoms with van der Waals surface area (Å²) in [5.74, 6) is 0.777. The number of rotatable bonds is 4. The van der Waals surface area contributed by atoms with Crippen LogP contribution >= 0.6 is 0 Å². The topological polar surface area (TPSA) is 47.4 Å². The lowest BCUT2D eigenvalue weighted by molar-refractivity contribution is 0.239. The van der Waals surface area contributed by atoms with Gasteiger partial charge >= 0.3 is 0 Å². The predicted molar refractivity (Wildman–Crippen MR) is 200 cm³/mol. The Morgan fingerprint density at radius 1 is 0.449 bits per heavy atom. The summed E-state index contributed by atoms with van der Waals surface area (Å²) in [6.07, 6.45) is 7.10. The van der Waals surface area contributed by atoms with Gasteiger partial charge in [-0.05, 0) is 84.9 Å². The fraction of sp³-hybridized carbons (Fsp3) is 0.0444. The van der Waals surface area contributed by atoms with Crippen molar-refractivity contribution in [3.63, 3.8) is 0 Å². The van der Waals surface area contributed by atoms with E-state index in [1.165, 1.54) is 37.9 Å². The van der Waals surface area contributed by atoms with Gasteiger partial charge in [0.15, 0.2) is 6.10 Å². The van der Waals surface area contributed by atoms with Gasteiger partial charge in [-0.3, -0.25) is 9.97 Å². The molecule has 0 saturated heterocycles. The maximum Gasteiger partial charge on any atom is 0.152 e. The SMILES string of the molecule is c1cncc(C2=C(c3cccnc3)C3c4ccccc4N=C(c4ccc(-c5ccc6c7ccccc7c7ccccc7c6c5)cc4)C3O2)c1. The lowest BCUT2D eigenvalue weighted by atomic mass is 9.78. The van der Waals surface area contributed by atoms with Crippen molar-refractivity contribution in [1.82, 2.24) is 9.97 Å². The van der Waals surface area contributed by atoms with Gasteiger partial charge < -0.3 is 4.74 Å². The summed E-state index contributed by atoms with van der Waals surface area (Å²) in [7, 11) is 0. The molecule has 49 heavy (non-hydrogen) atoms. The van der Waals surface area contributed by atoms with Crippen LogP contribution in [0.3, 0.4) is 0 Å². The van der Waals surface area contributed by atoms with Crippen molar-refractivity contribution < 1.29 is 4.74 Å². The van der Waals surface area contributed by atoms with Crippen molar-refractivity contribution in [3.05, 3.63) is 187 Å². The molecule has 0 amide bonds. The Balaban J connectivity index is 1.08. The zero-order valence-corrected chi connectivity index (χ0v) is 26.5. The highest BCUT2D eigenvalue weighted by atomic mass is 16.5. The number of para-hydroxylation sites is 1. The summed E-state index contributed by atoms with van der Waals surface area (Å²) in [5, 5.41) is 7.67. The van der Waals surface area contributed by atoms with E-state index in [9.17, 15) is 0 Å². The third-order valence-electron chi connectivity index (χ3n) is 10.0. The molecule has 0 aliphatic carbocycles. The van der Waals surface area contributed by atoms with Gasteiger partial charge in [0.25, 0.3) is 0 Å². The van der Waals surface area contributed by atoms with Crippen LogP contribution in [-0.4, -0.2) is 21.8 Å². The summed E-state index contributed by atoms with van der Waals surface area (Å²) < 4.78 is 6.96.